The standard InChI is InChI=1S/C48H57N7O6/c1-5-54(38-14-20-61-21-15-38)43-25-36(24-40(32(43)4)45(57)49-26-41-30(2)22-31(3)50-46(41)58)35-9-6-33(7-10-35)27-52-16-18-53(19-17-52)28-34-8-11-39-37(23-34)29-55(48(39)60)42-12-13-44(56)51-47(42)59/h6-11,22-25,38,42H,5,12-21,26-29H2,1-4H3,(H,49,57)(H,50,58)(H,51,56,59). The number of nitrogens with zero attached hydrogens (tertiary/aromatic N) is 4. The molecule has 8 rings (SSSR count). The van der Waals surface area contributed by atoms with Gasteiger partial charge in [0.05, 0.1) is 0 Å². The number of carbonyl (C=O) groups is 4. The first kappa shape index (κ1) is 42.1. The van der Waals surface area contributed by atoms with Crippen molar-refractivity contribution in [2.45, 2.75) is 91.6 Å². The van der Waals surface area contributed by atoms with Gasteiger partial charge in [0.25, 0.3) is 17.4 Å². The molecule has 0 saturated carbocycles. The average molecular weight is 828 g/mol. The first-order chi connectivity index (χ1) is 29.4. The number of amides is 4. The Morgan fingerprint density at radius 1 is 0.836 bits per heavy atom. The molecule has 1 unspecified atom stereocenters. The summed E-state index contributed by atoms with van der Waals surface area (Å²) in [5.41, 5.74) is 10.5. The van der Waals surface area contributed by atoms with Crippen LogP contribution in [0.2, 0.25) is 0 Å². The second-order valence-corrected chi connectivity index (χ2v) is 17.1. The predicted molar refractivity (Wildman–Crippen MR) is 234 cm³/mol. The summed E-state index contributed by atoms with van der Waals surface area (Å²) < 4.78 is 5.70. The smallest absolute Gasteiger partial charge is 0.255 e. The molecule has 13 nitrogen and oxygen atoms in total. The van der Waals surface area contributed by atoms with Crippen LogP contribution in [0.15, 0.2) is 65.5 Å². The number of aryl methyl sites for hydroxylation is 2. The second kappa shape index (κ2) is 18.2. The van der Waals surface area contributed by atoms with Gasteiger partial charge in [-0.05, 0) is 110 Å². The van der Waals surface area contributed by atoms with Crippen molar-refractivity contribution in [3.63, 3.8) is 0 Å². The van der Waals surface area contributed by atoms with Gasteiger partial charge in [0.2, 0.25) is 11.8 Å². The third kappa shape index (κ3) is 9.19. The van der Waals surface area contributed by atoms with Crippen molar-refractivity contribution < 1.29 is 23.9 Å². The molecule has 4 aliphatic rings. The summed E-state index contributed by atoms with van der Waals surface area (Å²) in [6.07, 6.45) is 2.46. The summed E-state index contributed by atoms with van der Waals surface area (Å²) in [4.78, 5) is 75.8. The van der Waals surface area contributed by atoms with Crippen LogP contribution in [0.4, 0.5) is 5.69 Å². The zero-order chi connectivity index (χ0) is 42.8. The highest BCUT2D eigenvalue weighted by atomic mass is 16.5. The summed E-state index contributed by atoms with van der Waals surface area (Å²) in [6.45, 7) is 16.0. The van der Waals surface area contributed by atoms with Gasteiger partial charge in [0.1, 0.15) is 6.04 Å². The summed E-state index contributed by atoms with van der Waals surface area (Å²) >= 11 is 0. The molecule has 3 fully saturated rings. The van der Waals surface area contributed by atoms with Gasteiger partial charge in [-0.2, -0.15) is 0 Å². The molecule has 3 N–H and O–H groups in total. The van der Waals surface area contributed by atoms with Gasteiger partial charge in [-0.1, -0.05) is 36.4 Å². The van der Waals surface area contributed by atoms with E-state index in [2.05, 4.69) is 73.6 Å². The summed E-state index contributed by atoms with van der Waals surface area (Å²) in [6, 6.07) is 20.5. The molecule has 3 aromatic carbocycles. The molecule has 1 atom stereocenters. The van der Waals surface area contributed by atoms with Crippen molar-refractivity contribution >= 4 is 29.3 Å². The number of fused-ring (bicyclic) bond motifs is 1. The number of hydrogen-bond acceptors (Lipinski definition) is 9. The molecule has 4 aromatic rings. The lowest BCUT2D eigenvalue weighted by Crippen LogP contribution is -2.52. The maximum Gasteiger partial charge on any atom is 0.255 e. The van der Waals surface area contributed by atoms with E-state index >= 15 is 0 Å². The molecular weight excluding hydrogens is 771 g/mol. The van der Waals surface area contributed by atoms with Gasteiger partial charge < -0.3 is 24.8 Å². The van der Waals surface area contributed by atoms with Crippen LogP contribution in [0.25, 0.3) is 11.1 Å². The fourth-order valence-electron chi connectivity index (χ4n) is 9.54. The van der Waals surface area contributed by atoms with Crippen molar-refractivity contribution in [3.8, 4) is 11.1 Å². The van der Waals surface area contributed by atoms with Gasteiger partial charge in [-0.25, -0.2) is 0 Å². The zero-order valence-corrected chi connectivity index (χ0v) is 35.8. The Morgan fingerprint density at radius 2 is 1.52 bits per heavy atom. The minimum absolute atomic E-state index is 0.142. The molecule has 13 heteroatoms. The fraction of sp³-hybridized carbons (Fsp3) is 0.438. The molecule has 4 amide bonds. The normalized spacial score (nSPS) is 18.9. The molecule has 0 bridgehead atoms. The van der Waals surface area contributed by atoms with Crippen LogP contribution in [0, 0.1) is 20.8 Å². The van der Waals surface area contributed by atoms with Crippen LogP contribution in [-0.4, -0.2) is 101 Å². The van der Waals surface area contributed by atoms with Crippen LogP contribution >= 0.6 is 0 Å². The number of piperazine rings is 1. The number of anilines is 1. The van der Waals surface area contributed by atoms with Crippen LogP contribution in [0.1, 0.15) is 92.4 Å². The number of nitrogens with one attached hydrogen (secondary N) is 3. The predicted octanol–water partition coefficient (Wildman–Crippen LogP) is 4.98. The number of hydrogen-bond donors (Lipinski definition) is 3. The number of ether oxygens (including phenoxy) is 1. The summed E-state index contributed by atoms with van der Waals surface area (Å²) in [7, 11) is 0. The summed E-state index contributed by atoms with van der Waals surface area (Å²) in [5.74, 6) is -1.03. The lowest BCUT2D eigenvalue weighted by Gasteiger charge is -2.37. The van der Waals surface area contributed by atoms with E-state index in [1.54, 1.807) is 4.90 Å². The maximum atomic E-state index is 14.0. The number of carbonyl (C=O) groups excluding carboxylic acids is 4. The number of piperidine rings is 1. The molecule has 3 saturated heterocycles. The highest BCUT2D eigenvalue weighted by molar-refractivity contribution is 6.05. The van der Waals surface area contributed by atoms with Gasteiger partial charge in [0, 0.05) is 113 Å². The lowest BCUT2D eigenvalue weighted by molar-refractivity contribution is -0.136. The van der Waals surface area contributed by atoms with Crippen molar-refractivity contribution in [2.75, 3.05) is 50.8 Å². The lowest BCUT2D eigenvalue weighted by atomic mass is 9.94. The molecule has 0 radical (unpaired) electrons. The molecule has 4 aliphatic heterocycles. The van der Waals surface area contributed by atoms with E-state index in [0.717, 1.165) is 117 Å². The van der Waals surface area contributed by atoms with Crippen molar-refractivity contribution in [1.29, 1.82) is 0 Å². The molecule has 5 heterocycles. The monoisotopic (exact) mass is 827 g/mol. The van der Waals surface area contributed by atoms with Crippen molar-refractivity contribution in [2.24, 2.45) is 0 Å². The van der Waals surface area contributed by atoms with E-state index in [4.69, 9.17) is 4.74 Å². The number of imide groups is 1. The molecule has 1 aromatic heterocycles. The van der Waals surface area contributed by atoms with E-state index in [0.29, 0.717) is 35.7 Å². The molecule has 0 aliphatic carbocycles. The van der Waals surface area contributed by atoms with Crippen molar-refractivity contribution in [3.05, 3.63) is 121 Å². The van der Waals surface area contributed by atoms with E-state index < -0.39 is 11.9 Å². The van der Waals surface area contributed by atoms with Crippen molar-refractivity contribution in [1.82, 2.24) is 30.3 Å². The Balaban J connectivity index is 0.918. The van der Waals surface area contributed by atoms with Crippen LogP contribution in [0.3, 0.4) is 0 Å². The van der Waals surface area contributed by atoms with Gasteiger partial charge in [-0.15, -0.1) is 0 Å². The maximum absolute atomic E-state index is 14.0. The quantitative estimate of drug-likeness (QED) is 0.168. The first-order valence-electron chi connectivity index (χ1n) is 21.7. The molecule has 0 spiro atoms. The molecule has 61 heavy (non-hydrogen) atoms. The minimum atomic E-state index is -0.611. The highest BCUT2D eigenvalue weighted by Crippen LogP contribution is 2.35. The second-order valence-electron chi connectivity index (χ2n) is 17.1. The molecule has 320 valence electrons. The minimum Gasteiger partial charge on any atom is -0.381 e. The highest BCUT2D eigenvalue weighted by Gasteiger charge is 2.39. The number of pyridine rings is 1. The first-order valence-corrected chi connectivity index (χ1v) is 21.7. The number of aromatic nitrogens is 1. The number of aromatic amines is 1. The van der Waals surface area contributed by atoms with Crippen LogP contribution in [0.5, 0.6) is 0 Å². The number of H-pyrrole nitrogens is 1. The Kier molecular flexibility index (Phi) is 12.5. The van der Waals surface area contributed by atoms with E-state index in [-0.39, 0.29) is 36.2 Å². The Morgan fingerprint density at radius 3 is 2.20 bits per heavy atom. The largest absolute Gasteiger partial charge is 0.381 e. The Bertz CT molecular complexity index is 2380. The SMILES string of the molecule is CCN(c1cc(-c2ccc(CN3CCN(Cc4ccc5c(c4)CN(C4CCC(=O)NC4=O)C5=O)CC3)cc2)cc(C(=O)NCc2c(C)cc(C)[nH]c2=O)c1C)C1CCOCC1. The van der Waals surface area contributed by atoms with Crippen LogP contribution in [-0.2, 0) is 40.5 Å². The van der Waals surface area contributed by atoms with Gasteiger partial charge >= 0.3 is 0 Å². The van der Waals surface area contributed by atoms with Gasteiger partial charge in [-0.3, -0.25) is 39.1 Å². The Hall–Kier alpha value is -5.63. The topological polar surface area (TPSA) is 147 Å². The number of benzene rings is 3. The number of rotatable bonds is 12. The molecular formula is C48H57N7O6. The van der Waals surface area contributed by atoms with Gasteiger partial charge in [0.15, 0.2) is 0 Å². The van der Waals surface area contributed by atoms with E-state index in [1.807, 2.05) is 45.0 Å². The average Bonchev–Trinajstić information content (AvgIpc) is 3.57. The Labute approximate surface area is 357 Å². The zero-order valence-electron chi connectivity index (χ0n) is 35.8. The fourth-order valence-corrected chi connectivity index (χ4v) is 9.54. The third-order valence-electron chi connectivity index (χ3n) is 13.0. The van der Waals surface area contributed by atoms with E-state index in [9.17, 15) is 24.0 Å². The summed E-state index contributed by atoms with van der Waals surface area (Å²) in [5, 5.41) is 5.43. The van der Waals surface area contributed by atoms with E-state index in [1.165, 1.54) is 5.56 Å². The third-order valence-corrected chi connectivity index (χ3v) is 13.0. The van der Waals surface area contributed by atoms with Crippen LogP contribution < -0.4 is 21.1 Å².